The highest BCUT2D eigenvalue weighted by Gasteiger charge is 2.30. The Morgan fingerprint density at radius 1 is 1.48 bits per heavy atom. The highest BCUT2D eigenvalue weighted by Crippen LogP contribution is 2.26. The number of nitrogens with zero attached hydrogens (tertiary/aromatic N) is 3. The molecule has 1 aromatic rings. The molecule has 1 saturated heterocycles. The summed E-state index contributed by atoms with van der Waals surface area (Å²) in [6.45, 7) is 6.32. The van der Waals surface area contributed by atoms with Crippen molar-refractivity contribution in [3.05, 3.63) is 28.4 Å². The van der Waals surface area contributed by atoms with Crippen molar-refractivity contribution in [2.45, 2.75) is 45.3 Å². The van der Waals surface area contributed by atoms with Crippen molar-refractivity contribution in [2.24, 2.45) is 0 Å². The Morgan fingerprint density at radius 2 is 2.22 bits per heavy atom. The summed E-state index contributed by atoms with van der Waals surface area (Å²) < 4.78 is 11.0. The van der Waals surface area contributed by atoms with Gasteiger partial charge in [-0.3, -0.25) is 10.1 Å². The van der Waals surface area contributed by atoms with E-state index in [0.29, 0.717) is 19.5 Å². The molecule has 8 heteroatoms. The summed E-state index contributed by atoms with van der Waals surface area (Å²) in [6, 6.07) is 2.83. The van der Waals surface area contributed by atoms with Crippen LogP contribution >= 0.6 is 0 Å². The van der Waals surface area contributed by atoms with Gasteiger partial charge in [-0.05, 0) is 39.7 Å². The van der Waals surface area contributed by atoms with E-state index in [0.717, 1.165) is 6.42 Å². The van der Waals surface area contributed by atoms with E-state index >= 15 is 0 Å². The van der Waals surface area contributed by atoms with Crippen molar-refractivity contribution in [3.63, 3.8) is 0 Å². The van der Waals surface area contributed by atoms with Gasteiger partial charge in [0.15, 0.2) is 0 Å². The molecule has 1 unspecified atom stereocenters. The molecule has 0 spiro atoms. The Balaban J connectivity index is 2.02. The third kappa shape index (κ3) is 4.80. The monoisotopic (exact) mass is 323 g/mol. The van der Waals surface area contributed by atoms with Gasteiger partial charge in [0, 0.05) is 18.8 Å². The first-order valence-electron chi connectivity index (χ1n) is 7.50. The van der Waals surface area contributed by atoms with Crippen molar-refractivity contribution in [3.8, 4) is 5.88 Å². The second kappa shape index (κ2) is 6.80. The number of rotatable bonds is 3. The van der Waals surface area contributed by atoms with Crippen LogP contribution in [0.1, 0.15) is 33.6 Å². The Hall–Kier alpha value is -2.38. The smallest absolute Gasteiger partial charge is 0.410 e. The molecule has 1 amide bonds. The van der Waals surface area contributed by atoms with Gasteiger partial charge in [-0.1, -0.05) is 0 Å². The number of ether oxygens (including phenoxy) is 2. The maximum atomic E-state index is 12.1. The van der Waals surface area contributed by atoms with Crippen LogP contribution in [-0.4, -0.2) is 45.7 Å². The van der Waals surface area contributed by atoms with E-state index in [4.69, 9.17) is 9.47 Å². The lowest BCUT2D eigenvalue weighted by atomic mass is 10.1. The minimum atomic E-state index is -0.565. The van der Waals surface area contributed by atoms with Crippen molar-refractivity contribution in [2.75, 3.05) is 13.1 Å². The molecule has 0 radical (unpaired) electrons. The van der Waals surface area contributed by atoms with E-state index in [-0.39, 0.29) is 17.7 Å². The minimum absolute atomic E-state index is 0.0199. The van der Waals surface area contributed by atoms with Crippen molar-refractivity contribution in [1.29, 1.82) is 0 Å². The molecule has 0 N–H and O–H groups in total. The number of amides is 1. The van der Waals surface area contributed by atoms with Crippen LogP contribution in [0.2, 0.25) is 0 Å². The van der Waals surface area contributed by atoms with E-state index in [9.17, 15) is 14.9 Å². The number of piperidine rings is 1. The highest BCUT2D eigenvalue weighted by molar-refractivity contribution is 5.68. The number of nitro groups is 1. The summed E-state index contributed by atoms with van der Waals surface area (Å²) in [5.41, 5.74) is -0.744. The molecule has 1 aromatic heterocycles. The maximum Gasteiger partial charge on any atom is 0.410 e. The van der Waals surface area contributed by atoms with Gasteiger partial charge < -0.3 is 14.4 Å². The Bertz CT molecular complexity index is 585. The summed E-state index contributed by atoms with van der Waals surface area (Å²) in [7, 11) is 0. The third-order valence-electron chi connectivity index (χ3n) is 3.26. The molecule has 0 aliphatic carbocycles. The molecule has 1 aliphatic heterocycles. The van der Waals surface area contributed by atoms with Crippen molar-refractivity contribution >= 4 is 11.8 Å². The largest absolute Gasteiger partial charge is 0.468 e. The minimum Gasteiger partial charge on any atom is -0.468 e. The molecule has 0 aromatic carbocycles. The van der Waals surface area contributed by atoms with Gasteiger partial charge in [0.1, 0.15) is 11.7 Å². The molecular formula is C15H21N3O5. The fourth-order valence-corrected chi connectivity index (χ4v) is 2.30. The first-order chi connectivity index (χ1) is 10.8. The SMILES string of the molecule is CC(C)(C)OC(=O)N1CCCC(Oc2ncccc2[N+](=O)[O-])C1. The van der Waals surface area contributed by atoms with Crippen LogP contribution in [0.25, 0.3) is 0 Å². The predicted octanol–water partition coefficient (Wildman–Crippen LogP) is 2.77. The van der Waals surface area contributed by atoms with E-state index in [1.807, 2.05) is 0 Å². The molecule has 1 aliphatic rings. The first kappa shape index (κ1) is 17.0. The molecular weight excluding hydrogens is 302 g/mol. The third-order valence-corrected chi connectivity index (χ3v) is 3.26. The predicted molar refractivity (Wildman–Crippen MR) is 82.3 cm³/mol. The number of pyridine rings is 1. The molecule has 1 fully saturated rings. The lowest BCUT2D eigenvalue weighted by Gasteiger charge is -2.33. The molecule has 0 bridgehead atoms. The van der Waals surface area contributed by atoms with E-state index in [1.165, 1.54) is 18.3 Å². The van der Waals surface area contributed by atoms with Gasteiger partial charge in [0.25, 0.3) is 5.88 Å². The Kier molecular flexibility index (Phi) is 5.02. The fraction of sp³-hybridized carbons (Fsp3) is 0.600. The lowest BCUT2D eigenvalue weighted by molar-refractivity contribution is -0.386. The van der Waals surface area contributed by atoms with Gasteiger partial charge in [0.2, 0.25) is 0 Å². The van der Waals surface area contributed by atoms with E-state index in [1.54, 1.807) is 25.7 Å². The zero-order valence-electron chi connectivity index (χ0n) is 13.5. The number of carbonyl (C=O) groups is 1. The van der Waals surface area contributed by atoms with E-state index in [2.05, 4.69) is 4.98 Å². The molecule has 126 valence electrons. The molecule has 1 atom stereocenters. The summed E-state index contributed by atoms with van der Waals surface area (Å²) >= 11 is 0. The van der Waals surface area contributed by atoms with Crippen LogP contribution in [0.15, 0.2) is 18.3 Å². The van der Waals surface area contributed by atoms with Gasteiger partial charge in [-0.15, -0.1) is 0 Å². The second-order valence-electron chi connectivity index (χ2n) is 6.39. The number of hydrogen-bond acceptors (Lipinski definition) is 6. The number of carbonyl (C=O) groups excluding carboxylic acids is 1. The average Bonchev–Trinajstić information content (AvgIpc) is 2.46. The van der Waals surface area contributed by atoms with Crippen LogP contribution in [0.5, 0.6) is 5.88 Å². The summed E-state index contributed by atoms with van der Waals surface area (Å²) in [5, 5.41) is 11.0. The Morgan fingerprint density at radius 3 is 2.87 bits per heavy atom. The Labute approximate surface area is 134 Å². The fourth-order valence-electron chi connectivity index (χ4n) is 2.30. The normalized spacial score (nSPS) is 18.4. The molecule has 2 heterocycles. The summed E-state index contributed by atoms with van der Waals surface area (Å²) in [5.74, 6) is -0.0199. The van der Waals surface area contributed by atoms with Crippen LogP contribution in [0, 0.1) is 10.1 Å². The zero-order chi connectivity index (χ0) is 17.0. The van der Waals surface area contributed by atoms with E-state index < -0.39 is 16.6 Å². The molecule has 0 saturated carbocycles. The highest BCUT2D eigenvalue weighted by atomic mass is 16.6. The van der Waals surface area contributed by atoms with Gasteiger partial charge in [0.05, 0.1) is 11.5 Å². The number of hydrogen-bond donors (Lipinski definition) is 0. The molecule has 8 nitrogen and oxygen atoms in total. The molecule has 23 heavy (non-hydrogen) atoms. The van der Waals surface area contributed by atoms with Gasteiger partial charge >= 0.3 is 11.8 Å². The summed E-state index contributed by atoms with van der Waals surface area (Å²) in [4.78, 5) is 28.1. The number of aromatic nitrogens is 1. The van der Waals surface area contributed by atoms with Gasteiger partial charge in [-0.25, -0.2) is 9.78 Å². The van der Waals surface area contributed by atoms with Crippen molar-refractivity contribution in [1.82, 2.24) is 9.88 Å². The first-order valence-corrected chi connectivity index (χ1v) is 7.50. The number of likely N-dealkylation sites (tertiary alicyclic amines) is 1. The van der Waals surface area contributed by atoms with Crippen LogP contribution in [0.3, 0.4) is 0 Å². The molecule has 2 rings (SSSR count). The zero-order valence-corrected chi connectivity index (χ0v) is 13.5. The van der Waals surface area contributed by atoms with Crippen LogP contribution < -0.4 is 4.74 Å². The standard InChI is InChI=1S/C15H21N3O5/c1-15(2,3)23-14(19)17-9-5-6-11(10-17)22-13-12(18(20)21)7-4-8-16-13/h4,7-8,11H,5-6,9-10H2,1-3H3. The van der Waals surface area contributed by atoms with Crippen LogP contribution in [0.4, 0.5) is 10.5 Å². The second-order valence-corrected chi connectivity index (χ2v) is 6.39. The quantitative estimate of drug-likeness (QED) is 0.627. The van der Waals surface area contributed by atoms with Crippen molar-refractivity contribution < 1.29 is 19.2 Å². The topological polar surface area (TPSA) is 94.8 Å². The maximum absolute atomic E-state index is 12.1. The summed E-state index contributed by atoms with van der Waals surface area (Å²) in [6.07, 6.45) is 2.14. The average molecular weight is 323 g/mol. The van der Waals surface area contributed by atoms with Gasteiger partial charge in [-0.2, -0.15) is 0 Å². The lowest BCUT2D eigenvalue weighted by Crippen LogP contribution is -2.46. The van der Waals surface area contributed by atoms with Crippen LogP contribution in [-0.2, 0) is 4.74 Å².